The van der Waals surface area contributed by atoms with Gasteiger partial charge in [-0.25, -0.2) is 0 Å². The highest BCUT2D eigenvalue weighted by molar-refractivity contribution is 5.56. The maximum absolute atomic E-state index is 6.03. The number of nitrogens with zero attached hydrogens (tertiary/aromatic N) is 2. The first-order valence-electron chi connectivity index (χ1n) is 7.58. The first kappa shape index (κ1) is 14.1. The zero-order valence-corrected chi connectivity index (χ0v) is 12.3. The molecule has 1 aromatic heterocycles. The van der Waals surface area contributed by atoms with Crippen molar-refractivity contribution in [3.05, 3.63) is 30.2 Å². The van der Waals surface area contributed by atoms with Crippen LogP contribution in [0.4, 0.5) is 0 Å². The lowest BCUT2D eigenvalue weighted by Gasteiger charge is -2.23. The van der Waals surface area contributed by atoms with Gasteiger partial charge in [-0.3, -0.25) is 0 Å². The molecule has 0 bridgehead atoms. The van der Waals surface area contributed by atoms with Crippen LogP contribution in [-0.2, 0) is 0 Å². The molecule has 2 atom stereocenters. The predicted octanol–water partition coefficient (Wildman–Crippen LogP) is 3.12. The molecule has 2 unspecified atom stereocenters. The summed E-state index contributed by atoms with van der Waals surface area (Å²) in [6, 6.07) is 8.01. The maximum Gasteiger partial charge on any atom is 0.230 e. The highest BCUT2D eigenvalue weighted by Gasteiger charge is 2.25. The number of hydrogen-bond acceptors (Lipinski definition) is 5. The Labute approximate surface area is 124 Å². The Balaban J connectivity index is 1.79. The Morgan fingerprint density at radius 2 is 2.29 bits per heavy atom. The maximum atomic E-state index is 6.03. The van der Waals surface area contributed by atoms with E-state index in [1.165, 1.54) is 0 Å². The second kappa shape index (κ2) is 6.26. The molecule has 1 saturated carbocycles. The van der Waals surface area contributed by atoms with Gasteiger partial charge in [0, 0.05) is 17.5 Å². The van der Waals surface area contributed by atoms with Gasteiger partial charge in [-0.05, 0) is 38.3 Å². The quantitative estimate of drug-likeness (QED) is 0.935. The summed E-state index contributed by atoms with van der Waals surface area (Å²) in [5.74, 6) is 2.44. The minimum absolute atomic E-state index is 0.250. The summed E-state index contributed by atoms with van der Waals surface area (Å²) in [6.07, 6.45) is 4.23. The molecular weight excluding hydrogens is 266 g/mol. The average molecular weight is 287 g/mol. The van der Waals surface area contributed by atoms with Crippen LogP contribution < -0.4 is 10.5 Å². The van der Waals surface area contributed by atoms with Crippen LogP contribution in [0.15, 0.2) is 28.8 Å². The smallest absolute Gasteiger partial charge is 0.230 e. The Bertz CT molecular complexity index is 597. The van der Waals surface area contributed by atoms with Crippen molar-refractivity contribution in [3.8, 4) is 17.1 Å². The van der Waals surface area contributed by atoms with Crippen molar-refractivity contribution in [2.45, 2.75) is 44.6 Å². The van der Waals surface area contributed by atoms with Crippen molar-refractivity contribution < 1.29 is 9.26 Å². The molecule has 0 spiro atoms. The first-order valence-corrected chi connectivity index (χ1v) is 7.58. The van der Waals surface area contributed by atoms with Crippen molar-refractivity contribution in [1.82, 2.24) is 10.1 Å². The SMILES string of the molecule is CCOc1cccc(-c2noc(C3CCCC(N)C3)n2)c1. The molecule has 5 heteroatoms. The number of benzene rings is 1. The lowest BCUT2D eigenvalue weighted by Crippen LogP contribution is -2.26. The minimum atomic E-state index is 0.250. The average Bonchev–Trinajstić information content (AvgIpc) is 2.98. The van der Waals surface area contributed by atoms with E-state index in [0.29, 0.717) is 24.2 Å². The minimum Gasteiger partial charge on any atom is -0.494 e. The Hall–Kier alpha value is -1.88. The molecule has 2 N–H and O–H groups in total. The zero-order valence-electron chi connectivity index (χ0n) is 12.3. The third kappa shape index (κ3) is 3.24. The van der Waals surface area contributed by atoms with Gasteiger partial charge in [0.2, 0.25) is 11.7 Å². The van der Waals surface area contributed by atoms with E-state index in [1.54, 1.807) is 0 Å². The molecule has 1 aliphatic rings. The van der Waals surface area contributed by atoms with Crippen LogP contribution in [0.25, 0.3) is 11.4 Å². The number of aromatic nitrogens is 2. The number of hydrogen-bond donors (Lipinski definition) is 1. The summed E-state index contributed by atoms with van der Waals surface area (Å²) in [7, 11) is 0. The molecule has 3 rings (SSSR count). The molecule has 1 fully saturated rings. The van der Waals surface area contributed by atoms with Gasteiger partial charge >= 0.3 is 0 Å². The Morgan fingerprint density at radius 3 is 3.10 bits per heavy atom. The van der Waals surface area contributed by atoms with Crippen LogP contribution in [0.3, 0.4) is 0 Å². The fourth-order valence-corrected chi connectivity index (χ4v) is 2.86. The first-order chi connectivity index (χ1) is 10.3. The van der Waals surface area contributed by atoms with Gasteiger partial charge in [0.1, 0.15) is 5.75 Å². The van der Waals surface area contributed by atoms with E-state index in [0.717, 1.165) is 37.0 Å². The fraction of sp³-hybridized carbons (Fsp3) is 0.500. The molecule has 112 valence electrons. The van der Waals surface area contributed by atoms with Crippen molar-refractivity contribution >= 4 is 0 Å². The Kier molecular flexibility index (Phi) is 4.20. The van der Waals surface area contributed by atoms with Crippen molar-refractivity contribution in [3.63, 3.8) is 0 Å². The molecule has 1 aromatic carbocycles. The number of ether oxygens (including phenoxy) is 1. The van der Waals surface area contributed by atoms with E-state index in [1.807, 2.05) is 31.2 Å². The summed E-state index contributed by atoms with van der Waals surface area (Å²) in [4.78, 5) is 4.55. The molecule has 21 heavy (non-hydrogen) atoms. The molecular formula is C16H21N3O2. The largest absolute Gasteiger partial charge is 0.494 e. The van der Waals surface area contributed by atoms with Crippen LogP contribution >= 0.6 is 0 Å². The van der Waals surface area contributed by atoms with Gasteiger partial charge in [0.15, 0.2) is 0 Å². The van der Waals surface area contributed by atoms with E-state index in [-0.39, 0.29) is 6.04 Å². The fourth-order valence-electron chi connectivity index (χ4n) is 2.86. The molecule has 0 aliphatic heterocycles. The standard InChI is InChI=1S/C16H21N3O2/c1-2-20-14-8-4-5-11(10-14)15-18-16(21-19-15)12-6-3-7-13(17)9-12/h4-5,8,10,12-13H,2-3,6-7,9,17H2,1H3. The van der Waals surface area contributed by atoms with Crippen LogP contribution in [0, 0.1) is 0 Å². The van der Waals surface area contributed by atoms with Crippen LogP contribution in [0.2, 0.25) is 0 Å². The lowest BCUT2D eigenvalue weighted by molar-refractivity contribution is 0.299. The molecule has 0 radical (unpaired) electrons. The van der Waals surface area contributed by atoms with Crippen molar-refractivity contribution in [2.24, 2.45) is 5.73 Å². The van der Waals surface area contributed by atoms with Gasteiger partial charge in [-0.2, -0.15) is 4.98 Å². The second-order valence-corrected chi connectivity index (χ2v) is 5.54. The normalized spacial score (nSPS) is 22.2. The van der Waals surface area contributed by atoms with E-state index in [4.69, 9.17) is 15.0 Å². The lowest BCUT2D eigenvalue weighted by atomic mass is 9.86. The van der Waals surface area contributed by atoms with Crippen molar-refractivity contribution in [1.29, 1.82) is 0 Å². The van der Waals surface area contributed by atoms with Gasteiger partial charge in [0.05, 0.1) is 6.61 Å². The molecule has 5 nitrogen and oxygen atoms in total. The Morgan fingerprint density at radius 1 is 1.38 bits per heavy atom. The predicted molar refractivity (Wildman–Crippen MR) is 80.1 cm³/mol. The summed E-state index contributed by atoms with van der Waals surface area (Å²) in [6.45, 7) is 2.60. The zero-order chi connectivity index (χ0) is 14.7. The third-order valence-corrected chi connectivity index (χ3v) is 3.91. The summed E-state index contributed by atoms with van der Waals surface area (Å²) in [5.41, 5.74) is 6.94. The van der Waals surface area contributed by atoms with Crippen LogP contribution in [-0.4, -0.2) is 22.8 Å². The van der Waals surface area contributed by atoms with Gasteiger partial charge < -0.3 is 15.0 Å². The number of nitrogens with two attached hydrogens (primary N) is 1. The highest BCUT2D eigenvalue weighted by atomic mass is 16.5. The molecule has 0 amide bonds. The molecule has 1 heterocycles. The summed E-state index contributed by atoms with van der Waals surface area (Å²) >= 11 is 0. The van der Waals surface area contributed by atoms with Gasteiger partial charge in [0.25, 0.3) is 0 Å². The van der Waals surface area contributed by atoms with Crippen LogP contribution in [0.1, 0.15) is 44.4 Å². The van der Waals surface area contributed by atoms with E-state index < -0.39 is 0 Å². The molecule has 0 saturated heterocycles. The summed E-state index contributed by atoms with van der Waals surface area (Å²) < 4.78 is 11.0. The van der Waals surface area contributed by atoms with Crippen molar-refractivity contribution in [2.75, 3.05) is 6.61 Å². The van der Waals surface area contributed by atoms with E-state index in [2.05, 4.69) is 10.1 Å². The monoisotopic (exact) mass is 287 g/mol. The number of rotatable bonds is 4. The van der Waals surface area contributed by atoms with Crippen LogP contribution in [0.5, 0.6) is 5.75 Å². The second-order valence-electron chi connectivity index (χ2n) is 5.54. The summed E-state index contributed by atoms with van der Waals surface area (Å²) in [5, 5.41) is 4.11. The molecule has 1 aliphatic carbocycles. The van der Waals surface area contributed by atoms with E-state index >= 15 is 0 Å². The topological polar surface area (TPSA) is 74.2 Å². The third-order valence-electron chi connectivity index (χ3n) is 3.91. The van der Waals surface area contributed by atoms with Gasteiger partial charge in [-0.1, -0.05) is 23.7 Å². The van der Waals surface area contributed by atoms with Gasteiger partial charge in [-0.15, -0.1) is 0 Å². The highest BCUT2D eigenvalue weighted by Crippen LogP contribution is 2.32. The van der Waals surface area contributed by atoms with E-state index in [9.17, 15) is 0 Å². The molecule has 2 aromatic rings.